The topological polar surface area (TPSA) is 93.3 Å². The molecule has 1 aliphatic carbocycles. The molecular formula is C20H19F4N5OS. The zero-order chi connectivity index (χ0) is 22.2. The zero-order valence-electron chi connectivity index (χ0n) is 16.2. The standard InChI is InChI=1S/C20H19F4N5OS/c21-11-3-4-20(10(5-11)9-31-19(25)29-20)13-6-12(1-2-14(13)22)28-18(30)16-8-26-15(7-27-16)17(23)24/h1-2,6-8,10-11,17H,3-5,9H2,(H2,25,29)(H,28,30)/t10-,11-,20-/m0/s1. The second kappa shape index (κ2) is 8.45. The van der Waals surface area contributed by atoms with Crippen molar-refractivity contribution in [3.63, 3.8) is 0 Å². The lowest BCUT2D eigenvalue weighted by Crippen LogP contribution is -2.45. The average Bonchev–Trinajstić information content (AvgIpc) is 2.75. The molecule has 164 valence electrons. The van der Waals surface area contributed by atoms with Gasteiger partial charge in [0.15, 0.2) is 5.17 Å². The lowest BCUT2D eigenvalue weighted by molar-refractivity contribution is 0.102. The number of benzene rings is 1. The molecule has 2 aliphatic rings. The highest BCUT2D eigenvalue weighted by molar-refractivity contribution is 8.13. The van der Waals surface area contributed by atoms with Crippen LogP contribution < -0.4 is 11.1 Å². The van der Waals surface area contributed by atoms with Crippen molar-refractivity contribution in [2.45, 2.75) is 37.4 Å². The first-order chi connectivity index (χ1) is 14.8. The number of halogens is 4. The Morgan fingerprint density at radius 2 is 2.10 bits per heavy atom. The Kier molecular flexibility index (Phi) is 5.87. The molecule has 0 radical (unpaired) electrons. The van der Waals surface area contributed by atoms with Crippen LogP contribution in [0.15, 0.2) is 35.6 Å². The average molecular weight is 453 g/mol. The molecule has 3 atom stereocenters. The van der Waals surface area contributed by atoms with Crippen LogP contribution in [0.3, 0.4) is 0 Å². The largest absolute Gasteiger partial charge is 0.379 e. The highest BCUT2D eigenvalue weighted by Gasteiger charge is 2.48. The van der Waals surface area contributed by atoms with Crippen LogP contribution in [-0.4, -0.2) is 33.0 Å². The van der Waals surface area contributed by atoms with Crippen LogP contribution in [0.1, 0.15) is 47.4 Å². The third kappa shape index (κ3) is 4.23. The van der Waals surface area contributed by atoms with E-state index < -0.39 is 35.6 Å². The van der Waals surface area contributed by atoms with E-state index in [1.165, 1.54) is 30.0 Å². The van der Waals surface area contributed by atoms with Crippen molar-refractivity contribution in [2.75, 3.05) is 11.1 Å². The summed E-state index contributed by atoms with van der Waals surface area (Å²) in [4.78, 5) is 24.2. The fourth-order valence-corrected chi connectivity index (χ4v) is 5.09. The van der Waals surface area contributed by atoms with Crippen LogP contribution >= 0.6 is 11.8 Å². The van der Waals surface area contributed by atoms with Gasteiger partial charge in [-0.3, -0.25) is 14.8 Å². The smallest absolute Gasteiger partial charge is 0.281 e. The van der Waals surface area contributed by atoms with E-state index in [1.807, 2.05) is 0 Å². The highest BCUT2D eigenvalue weighted by Crippen LogP contribution is 2.50. The fourth-order valence-electron chi connectivity index (χ4n) is 4.08. The molecule has 1 saturated carbocycles. The number of anilines is 1. The molecule has 0 bridgehead atoms. The summed E-state index contributed by atoms with van der Waals surface area (Å²) in [6.07, 6.45) is -1.21. The molecule has 0 spiro atoms. The molecule has 1 aromatic heterocycles. The Morgan fingerprint density at radius 1 is 1.29 bits per heavy atom. The summed E-state index contributed by atoms with van der Waals surface area (Å²) in [5, 5.41) is 2.89. The third-order valence-corrected chi connectivity index (χ3v) is 6.57. The van der Waals surface area contributed by atoms with Crippen LogP contribution in [0.25, 0.3) is 0 Å². The van der Waals surface area contributed by atoms with Crippen molar-refractivity contribution >= 4 is 28.5 Å². The van der Waals surface area contributed by atoms with Gasteiger partial charge in [0.05, 0.1) is 17.9 Å². The Morgan fingerprint density at radius 3 is 2.81 bits per heavy atom. The molecular weight excluding hydrogens is 434 g/mol. The minimum absolute atomic E-state index is 0.166. The first-order valence-corrected chi connectivity index (χ1v) is 10.6. The van der Waals surface area contributed by atoms with E-state index in [0.29, 0.717) is 17.3 Å². The first kappa shape index (κ1) is 21.5. The number of carbonyl (C=O) groups is 1. The van der Waals surface area contributed by atoms with E-state index in [2.05, 4.69) is 20.3 Å². The maximum Gasteiger partial charge on any atom is 0.281 e. The lowest BCUT2D eigenvalue weighted by atomic mass is 9.69. The van der Waals surface area contributed by atoms with Crippen LogP contribution in [-0.2, 0) is 5.54 Å². The molecule has 6 nitrogen and oxygen atoms in total. The monoisotopic (exact) mass is 453 g/mol. The Bertz CT molecular complexity index is 1020. The summed E-state index contributed by atoms with van der Waals surface area (Å²) in [5.74, 6) is -0.918. The molecule has 4 rings (SSSR count). The van der Waals surface area contributed by atoms with Gasteiger partial charge in [-0.15, -0.1) is 0 Å². The molecule has 3 N–H and O–H groups in total. The quantitative estimate of drug-likeness (QED) is 0.677. The summed E-state index contributed by atoms with van der Waals surface area (Å²) < 4.78 is 54.2. The van der Waals surface area contributed by atoms with Gasteiger partial charge in [0.1, 0.15) is 23.4 Å². The number of alkyl halides is 3. The second-order valence-corrected chi connectivity index (χ2v) is 8.57. The zero-order valence-corrected chi connectivity index (χ0v) is 17.0. The fraction of sp³-hybridized carbons (Fsp3) is 0.400. The number of nitrogens with one attached hydrogen (secondary N) is 1. The van der Waals surface area contributed by atoms with Gasteiger partial charge in [-0.1, -0.05) is 11.8 Å². The second-order valence-electron chi connectivity index (χ2n) is 7.53. The van der Waals surface area contributed by atoms with E-state index in [0.717, 1.165) is 12.4 Å². The molecule has 2 heterocycles. The first-order valence-electron chi connectivity index (χ1n) is 9.62. The van der Waals surface area contributed by atoms with Gasteiger partial charge in [-0.05, 0) is 37.5 Å². The number of nitrogens with two attached hydrogens (primary N) is 1. The molecule has 1 amide bonds. The maximum absolute atomic E-state index is 14.9. The van der Waals surface area contributed by atoms with Gasteiger partial charge in [-0.25, -0.2) is 22.5 Å². The SMILES string of the molecule is NC1=N[C@@]2(c3cc(NC(=O)c4cnc(C(F)F)cn4)ccc3F)CC[C@H](F)C[C@H]2CS1. The van der Waals surface area contributed by atoms with Gasteiger partial charge in [0.25, 0.3) is 12.3 Å². The summed E-state index contributed by atoms with van der Waals surface area (Å²) >= 11 is 1.32. The predicted octanol–water partition coefficient (Wildman–Crippen LogP) is 4.20. The Hall–Kier alpha value is -2.69. The van der Waals surface area contributed by atoms with Gasteiger partial charge in [0.2, 0.25) is 0 Å². The van der Waals surface area contributed by atoms with Crippen molar-refractivity contribution in [3.8, 4) is 0 Å². The van der Waals surface area contributed by atoms with Gasteiger partial charge < -0.3 is 11.1 Å². The Labute approximate surface area is 179 Å². The number of carbonyl (C=O) groups excluding carboxylic acids is 1. The number of nitrogens with zero attached hydrogens (tertiary/aromatic N) is 3. The number of amides is 1. The number of amidine groups is 1. The van der Waals surface area contributed by atoms with E-state index in [4.69, 9.17) is 5.73 Å². The van der Waals surface area contributed by atoms with Crippen molar-refractivity contribution in [1.29, 1.82) is 0 Å². The summed E-state index contributed by atoms with van der Waals surface area (Å²) in [6, 6.07) is 4.04. The molecule has 31 heavy (non-hydrogen) atoms. The van der Waals surface area contributed by atoms with E-state index in [-0.39, 0.29) is 35.7 Å². The molecule has 1 aromatic carbocycles. The summed E-state index contributed by atoms with van der Waals surface area (Å²) in [7, 11) is 0. The molecule has 1 fully saturated rings. The van der Waals surface area contributed by atoms with Gasteiger partial charge >= 0.3 is 0 Å². The number of thioether (sulfide) groups is 1. The van der Waals surface area contributed by atoms with E-state index >= 15 is 0 Å². The number of aliphatic imine (C=N–C) groups is 1. The lowest BCUT2D eigenvalue weighted by Gasteiger charge is -2.45. The van der Waals surface area contributed by atoms with Crippen LogP contribution in [0, 0.1) is 11.7 Å². The number of hydrogen-bond donors (Lipinski definition) is 2. The molecule has 2 aromatic rings. The van der Waals surface area contributed by atoms with Crippen LogP contribution in [0.4, 0.5) is 23.2 Å². The maximum atomic E-state index is 14.9. The van der Waals surface area contributed by atoms with Crippen molar-refractivity contribution < 1.29 is 22.4 Å². The molecule has 1 aliphatic heterocycles. The van der Waals surface area contributed by atoms with Crippen LogP contribution in [0.5, 0.6) is 0 Å². The minimum atomic E-state index is -2.79. The summed E-state index contributed by atoms with van der Waals surface area (Å²) in [5.41, 5.74) is 4.74. The molecule has 0 saturated heterocycles. The van der Waals surface area contributed by atoms with E-state index in [1.54, 1.807) is 0 Å². The van der Waals surface area contributed by atoms with Crippen molar-refractivity contribution in [1.82, 2.24) is 9.97 Å². The third-order valence-electron chi connectivity index (χ3n) is 5.62. The van der Waals surface area contributed by atoms with Crippen LogP contribution in [0.2, 0.25) is 0 Å². The summed E-state index contributed by atoms with van der Waals surface area (Å²) in [6.45, 7) is 0. The normalized spacial score (nSPS) is 25.6. The number of hydrogen-bond acceptors (Lipinski definition) is 6. The number of fused-ring (bicyclic) bond motifs is 1. The van der Waals surface area contributed by atoms with Crippen molar-refractivity contribution in [2.24, 2.45) is 16.6 Å². The van der Waals surface area contributed by atoms with Crippen molar-refractivity contribution in [3.05, 3.63) is 53.4 Å². The number of rotatable bonds is 4. The number of aromatic nitrogens is 2. The Balaban J connectivity index is 1.64. The molecule has 0 unspecified atom stereocenters. The van der Waals surface area contributed by atoms with Gasteiger partial charge in [-0.2, -0.15) is 0 Å². The molecule has 11 heteroatoms. The highest BCUT2D eigenvalue weighted by atomic mass is 32.2. The van der Waals surface area contributed by atoms with Gasteiger partial charge in [0, 0.05) is 22.9 Å². The predicted molar refractivity (Wildman–Crippen MR) is 109 cm³/mol. The minimum Gasteiger partial charge on any atom is -0.379 e. The van der Waals surface area contributed by atoms with E-state index in [9.17, 15) is 22.4 Å².